The third-order valence-corrected chi connectivity index (χ3v) is 2.28. The summed E-state index contributed by atoms with van der Waals surface area (Å²) in [4.78, 5) is 10.9. The summed E-state index contributed by atoms with van der Waals surface area (Å²) in [7, 11) is 0. The summed E-state index contributed by atoms with van der Waals surface area (Å²) in [6.07, 6.45) is 1.79. The zero-order valence-electron chi connectivity index (χ0n) is 8.97. The van der Waals surface area contributed by atoms with Gasteiger partial charge in [-0.3, -0.25) is 4.68 Å². The Morgan fingerprint density at radius 1 is 1.56 bits per heavy atom. The molecule has 0 radical (unpaired) electrons. The van der Waals surface area contributed by atoms with Crippen molar-refractivity contribution in [3.8, 4) is 0 Å². The van der Waals surface area contributed by atoms with Crippen molar-refractivity contribution in [1.29, 1.82) is 0 Å². The summed E-state index contributed by atoms with van der Waals surface area (Å²) in [5.41, 5.74) is 1.38. The largest absolute Gasteiger partial charge is 0.476 e. The number of carboxylic acids is 1. The maximum absolute atomic E-state index is 10.9. The molecule has 1 N–H and O–H groups in total. The van der Waals surface area contributed by atoms with Gasteiger partial charge in [0.1, 0.15) is 5.76 Å². The molecule has 0 aromatic carbocycles. The van der Waals surface area contributed by atoms with Crippen molar-refractivity contribution in [1.82, 2.24) is 14.9 Å². The van der Waals surface area contributed by atoms with Gasteiger partial charge < -0.3 is 9.63 Å². The monoisotopic (exact) mass is 221 g/mol. The molecule has 2 heterocycles. The fourth-order valence-corrected chi connectivity index (χ4v) is 1.46. The minimum absolute atomic E-state index is 0.0503. The molecule has 0 saturated heterocycles. The minimum atomic E-state index is -1.09. The number of rotatable bonds is 3. The van der Waals surface area contributed by atoms with Crippen molar-refractivity contribution in [3.63, 3.8) is 0 Å². The topological polar surface area (TPSA) is 81.2 Å². The van der Waals surface area contributed by atoms with Gasteiger partial charge in [0.25, 0.3) is 0 Å². The van der Waals surface area contributed by atoms with E-state index in [1.807, 2.05) is 13.0 Å². The van der Waals surface area contributed by atoms with Gasteiger partial charge in [-0.2, -0.15) is 5.10 Å². The molecular formula is C10H11N3O3. The van der Waals surface area contributed by atoms with Crippen molar-refractivity contribution in [2.45, 2.75) is 20.4 Å². The van der Waals surface area contributed by atoms with Crippen LogP contribution in [0.15, 0.2) is 16.8 Å². The van der Waals surface area contributed by atoms with Crippen LogP contribution in [0.5, 0.6) is 0 Å². The van der Waals surface area contributed by atoms with Crippen LogP contribution in [0.3, 0.4) is 0 Å². The van der Waals surface area contributed by atoms with Gasteiger partial charge in [0.05, 0.1) is 17.8 Å². The number of aryl methyl sites for hydroxylation is 2. The first-order valence-corrected chi connectivity index (χ1v) is 4.76. The van der Waals surface area contributed by atoms with E-state index in [0.29, 0.717) is 17.9 Å². The van der Waals surface area contributed by atoms with Gasteiger partial charge in [-0.25, -0.2) is 4.79 Å². The summed E-state index contributed by atoms with van der Waals surface area (Å²) in [5.74, 6) is -0.582. The fraction of sp³-hybridized carbons (Fsp3) is 0.300. The van der Waals surface area contributed by atoms with Crippen molar-refractivity contribution < 1.29 is 14.4 Å². The average Bonchev–Trinajstić information content (AvgIpc) is 2.76. The Bertz CT molecular complexity index is 527. The number of aromatic carboxylic acids is 1. The lowest BCUT2D eigenvalue weighted by Crippen LogP contribution is -2.07. The van der Waals surface area contributed by atoms with Crippen LogP contribution in [0.4, 0.5) is 0 Å². The quantitative estimate of drug-likeness (QED) is 0.843. The molecule has 0 bridgehead atoms. The van der Waals surface area contributed by atoms with Gasteiger partial charge >= 0.3 is 5.97 Å². The SMILES string of the molecule is Cc1ccn(Cc2c(C(=O)O)noc2C)n1. The van der Waals surface area contributed by atoms with Crippen LogP contribution in [-0.4, -0.2) is 26.0 Å². The second-order valence-electron chi connectivity index (χ2n) is 3.53. The van der Waals surface area contributed by atoms with E-state index in [-0.39, 0.29) is 5.69 Å². The molecule has 0 fully saturated rings. The number of carbonyl (C=O) groups is 1. The van der Waals surface area contributed by atoms with Crippen LogP contribution in [0.2, 0.25) is 0 Å². The van der Waals surface area contributed by atoms with E-state index in [0.717, 1.165) is 5.69 Å². The third-order valence-electron chi connectivity index (χ3n) is 2.28. The molecular weight excluding hydrogens is 210 g/mol. The number of hydrogen-bond acceptors (Lipinski definition) is 4. The van der Waals surface area contributed by atoms with Crippen LogP contribution in [0, 0.1) is 13.8 Å². The molecule has 0 aliphatic heterocycles. The molecule has 0 atom stereocenters. The molecule has 2 aromatic rings. The molecule has 16 heavy (non-hydrogen) atoms. The highest BCUT2D eigenvalue weighted by atomic mass is 16.5. The highest BCUT2D eigenvalue weighted by Crippen LogP contribution is 2.14. The van der Waals surface area contributed by atoms with Crippen LogP contribution in [-0.2, 0) is 6.54 Å². The molecule has 0 unspecified atom stereocenters. The minimum Gasteiger partial charge on any atom is -0.476 e. The smallest absolute Gasteiger partial charge is 0.358 e. The third kappa shape index (κ3) is 1.81. The van der Waals surface area contributed by atoms with E-state index in [1.54, 1.807) is 17.8 Å². The molecule has 6 heteroatoms. The average molecular weight is 221 g/mol. The lowest BCUT2D eigenvalue weighted by atomic mass is 10.2. The van der Waals surface area contributed by atoms with E-state index in [4.69, 9.17) is 9.63 Å². The van der Waals surface area contributed by atoms with Gasteiger partial charge in [0.2, 0.25) is 0 Å². The van der Waals surface area contributed by atoms with E-state index in [2.05, 4.69) is 10.3 Å². The van der Waals surface area contributed by atoms with Gasteiger partial charge in [0, 0.05) is 6.20 Å². The highest BCUT2D eigenvalue weighted by Gasteiger charge is 2.19. The Balaban J connectivity index is 2.33. The number of nitrogens with zero attached hydrogens (tertiary/aromatic N) is 3. The Kier molecular flexibility index (Phi) is 2.47. The number of hydrogen-bond donors (Lipinski definition) is 1. The molecule has 6 nitrogen and oxygen atoms in total. The summed E-state index contributed by atoms with van der Waals surface area (Å²) in [6, 6.07) is 1.85. The van der Waals surface area contributed by atoms with E-state index in [9.17, 15) is 4.79 Å². The summed E-state index contributed by atoms with van der Waals surface area (Å²) >= 11 is 0. The molecule has 84 valence electrons. The first-order valence-electron chi connectivity index (χ1n) is 4.76. The number of carboxylic acid groups (broad SMARTS) is 1. The van der Waals surface area contributed by atoms with Gasteiger partial charge in [-0.15, -0.1) is 0 Å². The maximum atomic E-state index is 10.9. The van der Waals surface area contributed by atoms with Crippen molar-refractivity contribution >= 4 is 5.97 Å². The standard InChI is InChI=1S/C10H11N3O3/c1-6-3-4-13(11-6)5-8-7(2)16-12-9(8)10(14)15/h3-4H,5H2,1-2H3,(H,14,15). The summed E-state index contributed by atoms with van der Waals surface area (Å²) in [5, 5.41) is 16.6. The maximum Gasteiger partial charge on any atom is 0.358 e. The van der Waals surface area contributed by atoms with E-state index < -0.39 is 5.97 Å². The Labute approximate surface area is 91.5 Å². The zero-order valence-corrected chi connectivity index (χ0v) is 8.97. The first kappa shape index (κ1) is 10.4. The van der Waals surface area contributed by atoms with Gasteiger partial charge in [0.15, 0.2) is 5.69 Å². The predicted molar refractivity (Wildman–Crippen MR) is 54.3 cm³/mol. The van der Waals surface area contributed by atoms with Crippen LogP contribution < -0.4 is 0 Å². The Morgan fingerprint density at radius 3 is 2.88 bits per heavy atom. The molecule has 0 aliphatic carbocycles. The van der Waals surface area contributed by atoms with E-state index >= 15 is 0 Å². The summed E-state index contributed by atoms with van der Waals surface area (Å²) < 4.78 is 6.52. The molecule has 2 rings (SSSR count). The second kappa shape index (κ2) is 3.80. The molecule has 2 aromatic heterocycles. The lowest BCUT2D eigenvalue weighted by molar-refractivity contribution is 0.0684. The second-order valence-corrected chi connectivity index (χ2v) is 3.53. The van der Waals surface area contributed by atoms with Crippen LogP contribution >= 0.6 is 0 Å². The molecule has 0 amide bonds. The fourth-order valence-electron chi connectivity index (χ4n) is 1.46. The Morgan fingerprint density at radius 2 is 2.31 bits per heavy atom. The summed E-state index contributed by atoms with van der Waals surface area (Å²) in [6.45, 7) is 3.91. The van der Waals surface area contributed by atoms with E-state index in [1.165, 1.54) is 0 Å². The van der Waals surface area contributed by atoms with Gasteiger partial charge in [-0.05, 0) is 19.9 Å². The van der Waals surface area contributed by atoms with Crippen LogP contribution in [0.1, 0.15) is 27.5 Å². The Hall–Kier alpha value is -2.11. The zero-order chi connectivity index (χ0) is 11.7. The number of aromatic nitrogens is 3. The predicted octanol–water partition coefficient (Wildman–Crippen LogP) is 1.23. The highest BCUT2D eigenvalue weighted by molar-refractivity contribution is 5.87. The normalized spacial score (nSPS) is 10.6. The van der Waals surface area contributed by atoms with Crippen molar-refractivity contribution in [3.05, 3.63) is 35.0 Å². The molecule has 0 aliphatic rings. The molecule has 0 saturated carbocycles. The first-order chi connectivity index (χ1) is 7.58. The van der Waals surface area contributed by atoms with Gasteiger partial charge in [-0.1, -0.05) is 5.16 Å². The van der Waals surface area contributed by atoms with Crippen molar-refractivity contribution in [2.75, 3.05) is 0 Å². The van der Waals surface area contributed by atoms with Crippen molar-refractivity contribution in [2.24, 2.45) is 0 Å². The lowest BCUT2D eigenvalue weighted by Gasteiger charge is -2.00. The van der Waals surface area contributed by atoms with Crippen LogP contribution in [0.25, 0.3) is 0 Å². The molecule has 0 spiro atoms.